The van der Waals surface area contributed by atoms with E-state index in [1.807, 2.05) is 0 Å². The summed E-state index contributed by atoms with van der Waals surface area (Å²) in [7, 11) is 1.62. The lowest BCUT2D eigenvalue weighted by atomic mass is 10.1. The molecule has 4 N–H and O–H groups in total. The van der Waals surface area contributed by atoms with Crippen molar-refractivity contribution < 1.29 is 4.79 Å². The number of anilines is 1. The van der Waals surface area contributed by atoms with Gasteiger partial charge < -0.3 is 11.5 Å². The highest BCUT2D eigenvalue weighted by Gasteiger charge is 2.08. The van der Waals surface area contributed by atoms with Crippen LogP contribution in [0.15, 0.2) is 29.3 Å². The van der Waals surface area contributed by atoms with Crippen LogP contribution in [0.4, 0.5) is 5.69 Å². The number of benzene rings is 1. The van der Waals surface area contributed by atoms with Gasteiger partial charge in [-0.2, -0.15) is 5.10 Å². The third kappa shape index (κ3) is 2.10. The van der Waals surface area contributed by atoms with Crippen molar-refractivity contribution in [2.45, 2.75) is 6.54 Å². The molecule has 1 amide bonds. The fraction of sp³-hybridized carbons (Fsp3) is 0.182. The summed E-state index contributed by atoms with van der Waals surface area (Å²) in [5.41, 5.74) is 12.2. The molecule has 0 fully saturated rings. The maximum Gasteiger partial charge on any atom is 0.345 e. The fourth-order valence-electron chi connectivity index (χ4n) is 1.58. The average molecular weight is 247 g/mol. The molecule has 1 aromatic heterocycles. The maximum absolute atomic E-state index is 11.6. The molecule has 0 radical (unpaired) electrons. The van der Waals surface area contributed by atoms with Crippen LogP contribution < -0.4 is 17.2 Å². The van der Waals surface area contributed by atoms with Crippen molar-refractivity contribution in [1.29, 1.82) is 0 Å². The molecule has 0 spiro atoms. The molecule has 2 aromatic rings. The molecule has 2 rings (SSSR count). The number of nitrogen functional groups attached to an aromatic ring is 1. The van der Waals surface area contributed by atoms with Crippen LogP contribution in [0, 0.1) is 0 Å². The van der Waals surface area contributed by atoms with Gasteiger partial charge in [-0.25, -0.2) is 9.48 Å². The Morgan fingerprint density at radius 2 is 2.17 bits per heavy atom. The number of aromatic nitrogens is 3. The van der Waals surface area contributed by atoms with Gasteiger partial charge in [0, 0.05) is 18.3 Å². The third-order valence-electron chi connectivity index (χ3n) is 2.64. The van der Waals surface area contributed by atoms with E-state index in [4.69, 9.17) is 11.5 Å². The van der Waals surface area contributed by atoms with Crippen molar-refractivity contribution in [1.82, 2.24) is 14.3 Å². The topological polar surface area (TPSA) is 109 Å². The first kappa shape index (κ1) is 11.9. The Morgan fingerprint density at radius 1 is 1.44 bits per heavy atom. The summed E-state index contributed by atoms with van der Waals surface area (Å²) >= 11 is 0. The van der Waals surface area contributed by atoms with Gasteiger partial charge in [-0.05, 0) is 17.7 Å². The molecule has 0 aliphatic heterocycles. The van der Waals surface area contributed by atoms with E-state index in [0.29, 0.717) is 16.8 Å². The monoisotopic (exact) mass is 247 g/mol. The van der Waals surface area contributed by atoms with Crippen LogP contribution in [-0.4, -0.2) is 20.3 Å². The number of aryl methyl sites for hydroxylation is 1. The standard InChI is InChI=1S/C11H13N5O2/c1-15-6-14-16(11(15)18)5-8-3-2-7(10(13)17)4-9(8)12/h2-4,6H,5,12H2,1H3,(H2,13,17). The summed E-state index contributed by atoms with van der Waals surface area (Å²) in [6.45, 7) is 0.255. The van der Waals surface area contributed by atoms with E-state index >= 15 is 0 Å². The normalized spacial score (nSPS) is 10.5. The molecule has 0 atom stereocenters. The summed E-state index contributed by atoms with van der Waals surface area (Å²) < 4.78 is 2.66. The van der Waals surface area contributed by atoms with Crippen LogP contribution in [0.2, 0.25) is 0 Å². The molecule has 0 aliphatic rings. The van der Waals surface area contributed by atoms with Gasteiger partial charge in [-0.3, -0.25) is 9.36 Å². The second kappa shape index (κ2) is 4.36. The van der Waals surface area contributed by atoms with Gasteiger partial charge in [0.1, 0.15) is 6.33 Å². The summed E-state index contributed by atoms with van der Waals surface area (Å²) in [5, 5.41) is 3.93. The van der Waals surface area contributed by atoms with Gasteiger partial charge >= 0.3 is 5.69 Å². The first-order valence-electron chi connectivity index (χ1n) is 5.25. The van der Waals surface area contributed by atoms with E-state index in [0.717, 1.165) is 0 Å². The SMILES string of the molecule is Cn1cnn(Cc2ccc(C(N)=O)cc2N)c1=O. The highest BCUT2D eigenvalue weighted by Crippen LogP contribution is 2.14. The first-order valence-corrected chi connectivity index (χ1v) is 5.25. The lowest BCUT2D eigenvalue weighted by Crippen LogP contribution is -2.24. The Hall–Kier alpha value is -2.57. The van der Waals surface area contributed by atoms with Gasteiger partial charge in [0.25, 0.3) is 0 Å². The maximum atomic E-state index is 11.6. The highest BCUT2D eigenvalue weighted by atomic mass is 16.2. The fourth-order valence-corrected chi connectivity index (χ4v) is 1.58. The largest absolute Gasteiger partial charge is 0.398 e. The Bertz CT molecular complexity index is 656. The number of nitrogens with zero attached hydrogens (tertiary/aromatic N) is 3. The van der Waals surface area contributed by atoms with Crippen molar-refractivity contribution in [2.75, 3.05) is 5.73 Å². The van der Waals surface area contributed by atoms with Gasteiger partial charge in [0.2, 0.25) is 5.91 Å². The Morgan fingerprint density at radius 3 is 2.67 bits per heavy atom. The third-order valence-corrected chi connectivity index (χ3v) is 2.64. The lowest BCUT2D eigenvalue weighted by molar-refractivity contribution is 0.100. The van der Waals surface area contributed by atoms with Gasteiger partial charge in [-0.1, -0.05) is 6.07 Å². The van der Waals surface area contributed by atoms with Crippen LogP contribution >= 0.6 is 0 Å². The van der Waals surface area contributed by atoms with E-state index in [9.17, 15) is 9.59 Å². The summed E-state index contributed by atoms with van der Waals surface area (Å²) in [5.74, 6) is -0.539. The van der Waals surface area contributed by atoms with E-state index in [-0.39, 0.29) is 12.2 Å². The van der Waals surface area contributed by atoms with E-state index in [1.165, 1.54) is 21.6 Å². The molecule has 0 saturated carbocycles. The molecule has 94 valence electrons. The zero-order chi connectivity index (χ0) is 13.3. The number of carbonyl (C=O) groups excluding carboxylic acids is 1. The number of amides is 1. The number of nitrogens with two attached hydrogens (primary N) is 2. The van der Waals surface area contributed by atoms with Crippen LogP contribution in [0.1, 0.15) is 15.9 Å². The van der Waals surface area contributed by atoms with Crippen molar-refractivity contribution in [3.63, 3.8) is 0 Å². The number of primary amides is 1. The second-order valence-corrected chi connectivity index (χ2v) is 3.96. The van der Waals surface area contributed by atoms with Crippen LogP contribution in [-0.2, 0) is 13.6 Å². The van der Waals surface area contributed by atoms with E-state index in [1.54, 1.807) is 19.2 Å². The van der Waals surface area contributed by atoms with Crippen LogP contribution in [0.5, 0.6) is 0 Å². The molecule has 7 nitrogen and oxygen atoms in total. The first-order chi connectivity index (χ1) is 8.49. The molecule has 1 heterocycles. The number of hydrogen-bond acceptors (Lipinski definition) is 4. The minimum atomic E-state index is -0.539. The number of rotatable bonds is 3. The molecule has 18 heavy (non-hydrogen) atoms. The minimum Gasteiger partial charge on any atom is -0.398 e. The van der Waals surface area contributed by atoms with E-state index in [2.05, 4.69) is 5.10 Å². The average Bonchev–Trinajstić information content (AvgIpc) is 2.63. The Kier molecular flexibility index (Phi) is 2.88. The molecule has 1 aromatic carbocycles. The van der Waals surface area contributed by atoms with Crippen LogP contribution in [0.3, 0.4) is 0 Å². The van der Waals surface area contributed by atoms with Crippen molar-refractivity contribution in [3.8, 4) is 0 Å². The molecule has 0 bridgehead atoms. The Labute approximate surface area is 103 Å². The van der Waals surface area contributed by atoms with Crippen molar-refractivity contribution >= 4 is 11.6 Å². The van der Waals surface area contributed by atoms with Gasteiger partial charge in [-0.15, -0.1) is 0 Å². The zero-order valence-electron chi connectivity index (χ0n) is 9.83. The molecular formula is C11H13N5O2. The van der Waals surface area contributed by atoms with Gasteiger partial charge in [0.15, 0.2) is 0 Å². The van der Waals surface area contributed by atoms with Gasteiger partial charge in [0.05, 0.1) is 6.54 Å². The smallest absolute Gasteiger partial charge is 0.345 e. The molecule has 7 heteroatoms. The molecule has 0 aliphatic carbocycles. The second-order valence-electron chi connectivity index (χ2n) is 3.96. The van der Waals surface area contributed by atoms with E-state index < -0.39 is 5.91 Å². The quantitative estimate of drug-likeness (QED) is 0.699. The lowest BCUT2D eigenvalue weighted by Gasteiger charge is -2.06. The van der Waals surface area contributed by atoms with Crippen molar-refractivity contribution in [2.24, 2.45) is 12.8 Å². The molecule has 0 unspecified atom stereocenters. The summed E-state index contributed by atoms with van der Waals surface area (Å²) in [6.07, 6.45) is 1.43. The molecule has 0 saturated heterocycles. The summed E-state index contributed by atoms with van der Waals surface area (Å²) in [4.78, 5) is 22.6. The molecular weight excluding hydrogens is 234 g/mol. The summed E-state index contributed by atoms with van der Waals surface area (Å²) in [6, 6.07) is 4.73. The number of hydrogen-bond donors (Lipinski definition) is 2. The van der Waals surface area contributed by atoms with Crippen molar-refractivity contribution in [3.05, 3.63) is 46.1 Å². The van der Waals surface area contributed by atoms with Crippen LogP contribution in [0.25, 0.3) is 0 Å². The highest BCUT2D eigenvalue weighted by molar-refractivity contribution is 5.93. The predicted octanol–water partition coefficient (Wildman–Crippen LogP) is -0.689. The minimum absolute atomic E-state index is 0.228. The number of carbonyl (C=O) groups is 1. The predicted molar refractivity (Wildman–Crippen MR) is 65.9 cm³/mol. The zero-order valence-corrected chi connectivity index (χ0v) is 9.83. The Balaban J connectivity index is 2.33.